The van der Waals surface area contributed by atoms with E-state index in [2.05, 4.69) is 51.7 Å². The molecule has 3 rings (SSSR count). The Hall–Kier alpha value is -2.44. The van der Waals surface area contributed by atoms with Crippen molar-refractivity contribution in [3.05, 3.63) is 59.9 Å². The number of benzene rings is 1. The molecule has 2 N–H and O–H groups in total. The third-order valence-electron chi connectivity index (χ3n) is 4.32. The van der Waals surface area contributed by atoms with Crippen molar-refractivity contribution in [1.29, 1.82) is 0 Å². The topological polar surface area (TPSA) is 66.5 Å². The maximum absolute atomic E-state index is 12.2. The summed E-state index contributed by atoms with van der Waals surface area (Å²) in [6, 6.07) is 12.0. The highest BCUT2D eigenvalue weighted by Gasteiger charge is 2.23. The molecule has 1 fully saturated rings. The molecule has 1 atom stereocenters. The van der Waals surface area contributed by atoms with E-state index in [0.717, 1.165) is 26.3 Å². The Morgan fingerprint density at radius 2 is 2.00 bits per heavy atom. The highest BCUT2D eigenvalue weighted by atomic mass is 16.5. The van der Waals surface area contributed by atoms with E-state index in [1.807, 2.05) is 6.07 Å². The fourth-order valence-electron chi connectivity index (χ4n) is 2.94. The van der Waals surface area contributed by atoms with Gasteiger partial charge in [0.05, 0.1) is 31.1 Å². The Morgan fingerprint density at radius 3 is 2.68 bits per heavy atom. The highest BCUT2D eigenvalue weighted by molar-refractivity contribution is 5.88. The van der Waals surface area contributed by atoms with Crippen LogP contribution in [0, 0.1) is 6.92 Å². The molecule has 2 amide bonds. The van der Waals surface area contributed by atoms with Gasteiger partial charge < -0.3 is 15.4 Å². The van der Waals surface area contributed by atoms with E-state index in [1.54, 1.807) is 18.5 Å². The molecule has 1 saturated heterocycles. The maximum Gasteiger partial charge on any atom is 0.319 e. The molecule has 2 heterocycles. The second-order valence-corrected chi connectivity index (χ2v) is 6.15. The van der Waals surface area contributed by atoms with Crippen LogP contribution >= 0.6 is 0 Å². The summed E-state index contributed by atoms with van der Waals surface area (Å²) < 4.78 is 5.46. The van der Waals surface area contributed by atoms with Crippen molar-refractivity contribution in [3.8, 4) is 0 Å². The second-order valence-electron chi connectivity index (χ2n) is 6.15. The lowest BCUT2D eigenvalue weighted by molar-refractivity contribution is 0.0168. The van der Waals surface area contributed by atoms with Gasteiger partial charge >= 0.3 is 6.03 Å². The number of hydrogen-bond acceptors (Lipinski definition) is 4. The van der Waals surface area contributed by atoms with Crippen molar-refractivity contribution in [2.75, 3.05) is 38.2 Å². The van der Waals surface area contributed by atoms with Gasteiger partial charge in [-0.3, -0.25) is 9.88 Å². The summed E-state index contributed by atoms with van der Waals surface area (Å²) in [6.45, 7) is 5.80. The van der Waals surface area contributed by atoms with Gasteiger partial charge in [0.2, 0.25) is 0 Å². The van der Waals surface area contributed by atoms with E-state index in [0.29, 0.717) is 12.2 Å². The van der Waals surface area contributed by atoms with Gasteiger partial charge in [-0.1, -0.05) is 29.8 Å². The lowest BCUT2D eigenvalue weighted by Gasteiger charge is -2.35. The number of pyridine rings is 1. The van der Waals surface area contributed by atoms with Crippen LogP contribution < -0.4 is 10.6 Å². The molecule has 1 aliphatic rings. The van der Waals surface area contributed by atoms with E-state index in [-0.39, 0.29) is 12.1 Å². The van der Waals surface area contributed by atoms with Crippen LogP contribution in [0.2, 0.25) is 0 Å². The number of nitrogens with zero attached hydrogens (tertiary/aromatic N) is 2. The quantitative estimate of drug-likeness (QED) is 0.878. The number of hydrogen-bond donors (Lipinski definition) is 2. The van der Waals surface area contributed by atoms with E-state index < -0.39 is 0 Å². The van der Waals surface area contributed by atoms with Gasteiger partial charge in [-0.2, -0.15) is 0 Å². The number of carbonyl (C=O) groups excluding carboxylic acids is 1. The second kappa shape index (κ2) is 8.60. The fraction of sp³-hybridized carbons (Fsp3) is 0.368. The van der Waals surface area contributed by atoms with Crippen LogP contribution in [0.1, 0.15) is 17.2 Å². The van der Waals surface area contributed by atoms with Crippen LogP contribution in [0.15, 0.2) is 48.8 Å². The minimum atomic E-state index is -0.224. The number of morpholine rings is 1. The molecule has 0 bridgehead atoms. The monoisotopic (exact) mass is 340 g/mol. The number of anilines is 1. The smallest absolute Gasteiger partial charge is 0.319 e. The van der Waals surface area contributed by atoms with E-state index >= 15 is 0 Å². The summed E-state index contributed by atoms with van der Waals surface area (Å²) in [7, 11) is 0. The number of ether oxygens (including phenoxy) is 1. The van der Waals surface area contributed by atoms with Gasteiger partial charge in [0, 0.05) is 25.8 Å². The van der Waals surface area contributed by atoms with Gasteiger partial charge in [-0.05, 0) is 24.6 Å². The van der Waals surface area contributed by atoms with Gasteiger partial charge in [0.15, 0.2) is 0 Å². The molecule has 1 aliphatic heterocycles. The molecule has 1 aromatic carbocycles. The first-order valence-corrected chi connectivity index (χ1v) is 8.55. The minimum absolute atomic E-state index is 0.129. The van der Waals surface area contributed by atoms with Gasteiger partial charge in [-0.25, -0.2) is 4.79 Å². The summed E-state index contributed by atoms with van der Waals surface area (Å²) >= 11 is 0. The number of aryl methyl sites for hydroxylation is 1. The summed E-state index contributed by atoms with van der Waals surface area (Å²) in [5.74, 6) is 0. The SMILES string of the molecule is Cc1ccc([C@H](CNC(=O)Nc2cccnc2)N2CCOCC2)cc1. The minimum Gasteiger partial charge on any atom is -0.379 e. The molecule has 0 spiro atoms. The highest BCUT2D eigenvalue weighted by Crippen LogP contribution is 2.21. The largest absolute Gasteiger partial charge is 0.379 e. The predicted octanol–water partition coefficient (Wildman–Crippen LogP) is 2.59. The van der Waals surface area contributed by atoms with Gasteiger partial charge in [-0.15, -0.1) is 0 Å². The van der Waals surface area contributed by atoms with Crippen molar-refractivity contribution < 1.29 is 9.53 Å². The molecule has 25 heavy (non-hydrogen) atoms. The fourth-order valence-corrected chi connectivity index (χ4v) is 2.94. The first-order chi connectivity index (χ1) is 12.2. The third kappa shape index (κ3) is 5.01. The predicted molar refractivity (Wildman–Crippen MR) is 97.6 cm³/mol. The number of urea groups is 1. The molecule has 0 aliphatic carbocycles. The Balaban J connectivity index is 1.64. The number of amides is 2. The van der Waals surface area contributed by atoms with Crippen LogP contribution in [-0.4, -0.2) is 48.8 Å². The van der Waals surface area contributed by atoms with Crippen LogP contribution in [0.5, 0.6) is 0 Å². The lowest BCUT2D eigenvalue weighted by atomic mass is 10.0. The maximum atomic E-state index is 12.2. The van der Waals surface area contributed by atoms with E-state index in [9.17, 15) is 4.79 Å². The average molecular weight is 340 g/mol. The molecule has 0 radical (unpaired) electrons. The van der Waals surface area contributed by atoms with Crippen molar-refractivity contribution in [2.24, 2.45) is 0 Å². The van der Waals surface area contributed by atoms with Crippen molar-refractivity contribution in [3.63, 3.8) is 0 Å². The standard InChI is InChI=1S/C19H24N4O2/c1-15-4-6-16(7-5-15)18(23-9-11-25-12-10-23)14-21-19(24)22-17-3-2-8-20-13-17/h2-8,13,18H,9-12,14H2,1H3,(H2,21,22,24)/t18-/m0/s1. The molecular weight excluding hydrogens is 316 g/mol. The Kier molecular flexibility index (Phi) is 5.98. The first kappa shape index (κ1) is 17.4. The Morgan fingerprint density at radius 1 is 1.24 bits per heavy atom. The zero-order chi connectivity index (χ0) is 17.5. The summed E-state index contributed by atoms with van der Waals surface area (Å²) in [5.41, 5.74) is 3.11. The Bertz CT molecular complexity index is 670. The molecule has 132 valence electrons. The van der Waals surface area contributed by atoms with E-state index in [4.69, 9.17) is 4.74 Å². The zero-order valence-electron chi connectivity index (χ0n) is 14.4. The van der Waals surface area contributed by atoms with Crippen LogP contribution in [0.4, 0.5) is 10.5 Å². The lowest BCUT2D eigenvalue weighted by Crippen LogP contribution is -2.44. The molecule has 6 nitrogen and oxygen atoms in total. The number of aromatic nitrogens is 1. The number of carbonyl (C=O) groups is 1. The van der Waals surface area contributed by atoms with Crippen molar-refractivity contribution in [1.82, 2.24) is 15.2 Å². The molecule has 1 aromatic heterocycles. The molecule has 2 aromatic rings. The van der Waals surface area contributed by atoms with Crippen molar-refractivity contribution in [2.45, 2.75) is 13.0 Å². The third-order valence-corrected chi connectivity index (χ3v) is 4.32. The van der Waals surface area contributed by atoms with Crippen LogP contribution in [-0.2, 0) is 4.74 Å². The first-order valence-electron chi connectivity index (χ1n) is 8.55. The number of nitrogens with one attached hydrogen (secondary N) is 2. The normalized spacial score (nSPS) is 16.2. The van der Waals surface area contributed by atoms with Crippen LogP contribution in [0.3, 0.4) is 0 Å². The van der Waals surface area contributed by atoms with Gasteiger partial charge in [0.1, 0.15) is 0 Å². The summed E-state index contributed by atoms with van der Waals surface area (Å²) in [5, 5.41) is 5.79. The molecule has 0 saturated carbocycles. The molecular formula is C19H24N4O2. The Labute approximate surface area is 148 Å². The van der Waals surface area contributed by atoms with Gasteiger partial charge in [0.25, 0.3) is 0 Å². The molecule has 0 unspecified atom stereocenters. The summed E-state index contributed by atoms with van der Waals surface area (Å²) in [4.78, 5) is 18.5. The average Bonchev–Trinajstić information content (AvgIpc) is 2.65. The summed E-state index contributed by atoms with van der Waals surface area (Å²) in [6.07, 6.45) is 3.30. The number of rotatable bonds is 5. The zero-order valence-corrected chi connectivity index (χ0v) is 14.4. The molecule has 6 heteroatoms. The van der Waals surface area contributed by atoms with Crippen molar-refractivity contribution >= 4 is 11.7 Å². The van der Waals surface area contributed by atoms with Crippen LogP contribution in [0.25, 0.3) is 0 Å². The van der Waals surface area contributed by atoms with E-state index in [1.165, 1.54) is 11.1 Å².